The number of carbonyl (C=O) groups excluding carboxylic acids is 1. The molecule has 0 bridgehead atoms. The van der Waals surface area contributed by atoms with Crippen molar-refractivity contribution in [2.24, 2.45) is 0 Å². The van der Waals surface area contributed by atoms with Crippen LogP contribution in [0.25, 0.3) is 6.08 Å². The lowest BCUT2D eigenvalue weighted by atomic mass is 10.1. The molecule has 1 aliphatic rings. The van der Waals surface area contributed by atoms with E-state index in [9.17, 15) is 4.79 Å². The summed E-state index contributed by atoms with van der Waals surface area (Å²) in [5.74, 6) is 0. The number of hydrogen-bond acceptors (Lipinski definition) is 2. The van der Waals surface area contributed by atoms with Crippen LogP contribution in [-0.2, 0) is 0 Å². The number of benzene rings is 2. The average Bonchev–Trinajstić information content (AvgIpc) is 2.63. The van der Waals surface area contributed by atoms with Gasteiger partial charge >= 0.3 is 6.03 Å². The van der Waals surface area contributed by atoms with Gasteiger partial charge in [-0.1, -0.05) is 48.0 Å². The Bertz CT molecular complexity index is 704. The molecule has 1 aliphatic heterocycles. The topological polar surface area (TPSA) is 35.6 Å². The maximum absolute atomic E-state index is 12.2. The average molecular weight is 321 g/mol. The fourth-order valence-electron chi connectivity index (χ4n) is 2.88. The summed E-state index contributed by atoms with van der Waals surface area (Å²) < 4.78 is 0. The molecule has 1 fully saturated rings. The summed E-state index contributed by atoms with van der Waals surface area (Å²) in [5, 5.41) is 2.86. The summed E-state index contributed by atoms with van der Waals surface area (Å²) in [6.45, 7) is 5.25. The second-order valence-electron chi connectivity index (χ2n) is 6.01. The molecule has 2 aromatic carbocycles. The summed E-state index contributed by atoms with van der Waals surface area (Å²) in [5.41, 5.74) is 3.52. The van der Waals surface area contributed by atoms with Gasteiger partial charge in [-0.15, -0.1) is 0 Å². The molecule has 2 aromatic rings. The second-order valence-corrected chi connectivity index (χ2v) is 6.01. The molecule has 0 spiro atoms. The van der Waals surface area contributed by atoms with Crippen LogP contribution in [0.4, 0.5) is 10.5 Å². The number of rotatable bonds is 3. The van der Waals surface area contributed by atoms with Crippen molar-refractivity contribution in [2.75, 3.05) is 31.1 Å². The number of nitrogens with zero attached hydrogens (tertiary/aromatic N) is 2. The van der Waals surface area contributed by atoms with E-state index in [1.807, 2.05) is 41.3 Å². The van der Waals surface area contributed by atoms with Gasteiger partial charge in [0.25, 0.3) is 0 Å². The first-order valence-corrected chi connectivity index (χ1v) is 8.31. The Morgan fingerprint density at radius 3 is 2.46 bits per heavy atom. The number of aryl methyl sites for hydroxylation is 1. The first-order valence-electron chi connectivity index (χ1n) is 8.31. The number of carbonyl (C=O) groups is 1. The number of urea groups is 1. The molecule has 1 heterocycles. The van der Waals surface area contributed by atoms with Crippen LogP contribution in [-0.4, -0.2) is 37.1 Å². The summed E-state index contributed by atoms with van der Waals surface area (Å²) in [7, 11) is 0. The largest absolute Gasteiger partial charge is 0.368 e. The zero-order valence-corrected chi connectivity index (χ0v) is 14.0. The molecule has 24 heavy (non-hydrogen) atoms. The molecule has 1 saturated heterocycles. The molecule has 4 nitrogen and oxygen atoms in total. The van der Waals surface area contributed by atoms with Gasteiger partial charge in [0, 0.05) is 38.1 Å². The first kappa shape index (κ1) is 16.1. The highest BCUT2D eigenvalue weighted by atomic mass is 16.2. The van der Waals surface area contributed by atoms with Crippen molar-refractivity contribution in [2.45, 2.75) is 6.92 Å². The number of anilines is 1. The Labute approximate surface area is 143 Å². The van der Waals surface area contributed by atoms with Crippen molar-refractivity contribution in [1.82, 2.24) is 10.2 Å². The van der Waals surface area contributed by atoms with Gasteiger partial charge in [-0.3, -0.25) is 0 Å². The molecule has 124 valence electrons. The van der Waals surface area contributed by atoms with E-state index in [1.165, 1.54) is 11.3 Å². The van der Waals surface area contributed by atoms with E-state index < -0.39 is 0 Å². The van der Waals surface area contributed by atoms with E-state index >= 15 is 0 Å². The lowest BCUT2D eigenvalue weighted by molar-refractivity contribution is 0.198. The smallest absolute Gasteiger partial charge is 0.321 e. The molecule has 0 unspecified atom stereocenters. The Morgan fingerprint density at radius 1 is 1.00 bits per heavy atom. The predicted octanol–water partition coefficient (Wildman–Crippen LogP) is 3.50. The third kappa shape index (κ3) is 4.16. The molecule has 0 aromatic heterocycles. The van der Waals surface area contributed by atoms with Gasteiger partial charge in [-0.25, -0.2) is 4.79 Å². The van der Waals surface area contributed by atoms with Crippen LogP contribution >= 0.6 is 0 Å². The zero-order chi connectivity index (χ0) is 16.8. The minimum absolute atomic E-state index is 0.0355. The molecule has 3 rings (SSSR count). The number of amides is 2. The maximum atomic E-state index is 12.2. The van der Waals surface area contributed by atoms with Crippen molar-refractivity contribution < 1.29 is 4.79 Å². The molecular weight excluding hydrogens is 298 g/mol. The monoisotopic (exact) mass is 321 g/mol. The lowest BCUT2D eigenvalue weighted by Gasteiger charge is -2.35. The van der Waals surface area contributed by atoms with E-state index in [1.54, 1.807) is 6.20 Å². The zero-order valence-electron chi connectivity index (χ0n) is 14.0. The van der Waals surface area contributed by atoms with Gasteiger partial charge in [-0.05, 0) is 30.7 Å². The van der Waals surface area contributed by atoms with Crippen LogP contribution in [0.2, 0.25) is 0 Å². The Balaban J connectivity index is 1.49. The normalized spacial score (nSPS) is 14.9. The fraction of sp³-hybridized carbons (Fsp3) is 0.250. The van der Waals surface area contributed by atoms with Gasteiger partial charge < -0.3 is 15.1 Å². The summed E-state index contributed by atoms with van der Waals surface area (Å²) in [6, 6.07) is 18.5. The van der Waals surface area contributed by atoms with Gasteiger partial charge in [-0.2, -0.15) is 0 Å². The van der Waals surface area contributed by atoms with Crippen molar-refractivity contribution in [3.8, 4) is 0 Å². The van der Waals surface area contributed by atoms with Gasteiger partial charge in [0.05, 0.1) is 0 Å². The van der Waals surface area contributed by atoms with Gasteiger partial charge in [0.2, 0.25) is 0 Å². The molecule has 0 aliphatic carbocycles. The standard InChI is InChI=1S/C20H23N3O/c1-17-6-5-7-18(16-17)10-11-21-20(24)23-14-12-22(13-15-23)19-8-3-2-4-9-19/h2-11,16H,12-15H2,1H3,(H,21,24)/b11-10+. The number of hydrogen-bond donors (Lipinski definition) is 1. The van der Waals surface area contributed by atoms with E-state index in [4.69, 9.17) is 0 Å². The third-order valence-corrected chi connectivity index (χ3v) is 4.21. The summed E-state index contributed by atoms with van der Waals surface area (Å²) >= 11 is 0. The van der Waals surface area contributed by atoms with E-state index in [-0.39, 0.29) is 6.03 Å². The minimum atomic E-state index is -0.0355. The van der Waals surface area contributed by atoms with E-state index in [0.717, 1.165) is 31.7 Å². The highest BCUT2D eigenvalue weighted by molar-refractivity contribution is 5.76. The van der Waals surface area contributed by atoms with Crippen molar-refractivity contribution in [3.05, 3.63) is 71.9 Å². The summed E-state index contributed by atoms with van der Waals surface area (Å²) in [4.78, 5) is 16.4. The van der Waals surface area contributed by atoms with Crippen LogP contribution in [0.15, 0.2) is 60.8 Å². The molecule has 4 heteroatoms. The van der Waals surface area contributed by atoms with Crippen LogP contribution in [0, 0.1) is 6.92 Å². The number of nitrogens with one attached hydrogen (secondary N) is 1. The SMILES string of the molecule is Cc1cccc(/C=C/NC(=O)N2CCN(c3ccccc3)CC2)c1. The second kappa shape index (κ2) is 7.68. The number of piperazine rings is 1. The molecule has 0 atom stereocenters. The van der Waals surface area contributed by atoms with E-state index in [0.29, 0.717) is 0 Å². The van der Waals surface area contributed by atoms with Crippen LogP contribution in [0.3, 0.4) is 0 Å². The van der Waals surface area contributed by atoms with Gasteiger partial charge in [0.1, 0.15) is 0 Å². The number of para-hydroxylation sites is 1. The highest BCUT2D eigenvalue weighted by Crippen LogP contribution is 2.15. The minimum Gasteiger partial charge on any atom is -0.368 e. The van der Waals surface area contributed by atoms with Gasteiger partial charge in [0.15, 0.2) is 0 Å². The van der Waals surface area contributed by atoms with Crippen molar-refractivity contribution in [1.29, 1.82) is 0 Å². The molecule has 0 saturated carbocycles. The summed E-state index contributed by atoms with van der Waals surface area (Å²) in [6.07, 6.45) is 3.64. The highest BCUT2D eigenvalue weighted by Gasteiger charge is 2.20. The third-order valence-electron chi connectivity index (χ3n) is 4.21. The fourth-order valence-corrected chi connectivity index (χ4v) is 2.88. The van der Waals surface area contributed by atoms with Crippen LogP contribution < -0.4 is 10.2 Å². The molecule has 1 N–H and O–H groups in total. The molecule has 2 amide bonds. The predicted molar refractivity (Wildman–Crippen MR) is 99.0 cm³/mol. The van der Waals surface area contributed by atoms with E-state index in [2.05, 4.69) is 41.4 Å². The molecule has 0 radical (unpaired) electrons. The first-order chi connectivity index (χ1) is 11.7. The van der Waals surface area contributed by atoms with Crippen LogP contribution in [0.1, 0.15) is 11.1 Å². The Kier molecular flexibility index (Phi) is 5.16. The maximum Gasteiger partial charge on any atom is 0.321 e. The Morgan fingerprint density at radius 2 is 1.75 bits per heavy atom. The molecular formula is C20H23N3O. The van der Waals surface area contributed by atoms with Crippen LogP contribution in [0.5, 0.6) is 0 Å². The van der Waals surface area contributed by atoms with Crippen molar-refractivity contribution in [3.63, 3.8) is 0 Å². The van der Waals surface area contributed by atoms with Crippen molar-refractivity contribution >= 4 is 17.8 Å². The Hall–Kier alpha value is -2.75. The quantitative estimate of drug-likeness (QED) is 0.939. The lowest BCUT2D eigenvalue weighted by Crippen LogP contribution is -2.51.